The summed E-state index contributed by atoms with van der Waals surface area (Å²) in [6, 6.07) is 20.5. The lowest BCUT2D eigenvalue weighted by Gasteiger charge is -2.28. The average molecular weight is 522 g/mol. The van der Waals surface area contributed by atoms with Crippen molar-refractivity contribution >= 4 is 0 Å². The second-order valence-corrected chi connectivity index (χ2v) is 10.9. The van der Waals surface area contributed by atoms with E-state index in [9.17, 15) is 4.79 Å². The zero-order valence-corrected chi connectivity index (χ0v) is 23.0. The van der Waals surface area contributed by atoms with E-state index in [2.05, 4.69) is 78.7 Å². The lowest BCUT2D eigenvalue weighted by Crippen LogP contribution is -2.29. The van der Waals surface area contributed by atoms with E-state index < -0.39 is 0 Å². The Morgan fingerprint density at radius 1 is 0.949 bits per heavy atom. The molecule has 0 fully saturated rings. The number of aryl methyl sites for hydroxylation is 2. The van der Waals surface area contributed by atoms with Gasteiger partial charge in [0.25, 0.3) is 0 Å². The second kappa shape index (κ2) is 11.2. The number of aromatic nitrogens is 7. The van der Waals surface area contributed by atoms with Gasteiger partial charge >= 0.3 is 5.69 Å². The van der Waals surface area contributed by atoms with Gasteiger partial charge in [0.15, 0.2) is 0 Å². The molecular weight excluding hydrogens is 486 g/mol. The molecule has 2 aromatic carbocycles. The quantitative estimate of drug-likeness (QED) is 0.264. The smallest absolute Gasteiger partial charge is 0.299 e. The van der Waals surface area contributed by atoms with Crippen LogP contribution in [0.1, 0.15) is 63.3 Å². The summed E-state index contributed by atoms with van der Waals surface area (Å²) in [4.78, 5) is 18.2. The topological polar surface area (TPSA) is 94.3 Å². The fraction of sp³-hybridized carbons (Fsp3) is 0.323. The van der Waals surface area contributed by atoms with Crippen LogP contribution >= 0.6 is 0 Å². The normalized spacial score (nSPS) is 12.5. The molecule has 0 amide bonds. The van der Waals surface area contributed by atoms with Crippen molar-refractivity contribution in [3.63, 3.8) is 0 Å². The van der Waals surface area contributed by atoms with Crippen molar-refractivity contribution in [2.24, 2.45) is 0 Å². The first-order chi connectivity index (χ1) is 18.9. The Morgan fingerprint density at radius 3 is 2.41 bits per heavy atom. The lowest BCUT2D eigenvalue weighted by molar-refractivity contribution is 0.486. The van der Waals surface area contributed by atoms with Crippen LogP contribution in [-0.2, 0) is 18.4 Å². The minimum atomic E-state index is -0.0000176. The Labute approximate surface area is 228 Å². The largest absolute Gasteiger partial charge is 0.328 e. The van der Waals surface area contributed by atoms with Crippen LogP contribution in [0.5, 0.6) is 0 Å². The van der Waals surface area contributed by atoms with Crippen molar-refractivity contribution in [2.75, 3.05) is 0 Å². The van der Waals surface area contributed by atoms with Gasteiger partial charge in [0.1, 0.15) is 0 Å². The Hall–Kier alpha value is -4.33. The van der Waals surface area contributed by atoms with Crippen LogP contribution in [0.2, 0.25) is 0 Å². The van der Waals surface area contributed by atoms with Gasteiger partial charge in [-0.05, 0) is 46.2 Å². The van der Waals surface area contributed by atoms with E-state index in [1.54, 1.807) is 0 Å². The maximum atomic E-state index is 13.5. The Bertz CT molecular complexity index is 1570. The molecule has 3 heterocycles. The number of nitrogens with zero attached hydrogens (tertiary/aromatic N) is 6. The molecule has 0 bridgehead atoms. The number of imidazole rings is 1. The zero-order valence-electron chi connectivity index (χ0n) is 23.0. The van der Waals surface area contributed by atoms with Gasteiger partial charge in [-0.15, -0.1) is 10.2 Å². The number of H-pyrrole nitrogens is 1. The van der Waals surface area contributed by atoms with Crippen LogP contribution in [0, 0.1) is 0 Å². The molecule has 0 saturated heterocycles. The third kappa shape index (κ3) is 5.60. The van der Waals surface area contributed by atoms with Crippen LogP contribution in [0.15, 0.2) is 84.0 Å². The lowest BCUT2D eigenvalue weighted by atomic mass is 9.81. The first-order valence-electron chi connectivity index (χ1n) is 13.5. The minimum absolute atomic E-state index is 0.0000176. The SMILES string of the molecule is CCCC(c1ccccc1C(C)(C)C)n1ccn(CCc2ccc(-c3ccccc3-c3nn[nH]n3)nc2)c1=O. The number of rotatable bonds is 9. The fourth-order valence-corrected chi connectivity index (χ4v) is 5.18. The Kier molecular flexibility index (Phi) is 7.54. The summed E-state index contributed by atoms with van der Waals surface area (Å²) in [6.45, 7) is 9.45. The van der Waals surface area contributed by atoms with E-state index in [1.807, 2.05) is 58.1 Å². The number of pyridine rings is 1. The van der Waals surface area contributed by atoms with Crippen molar-refractivity contribution < 1.29 is 0 Å². The van der Waals surface area contributed by atoms with Gasteiger partial charge in [0.05, 0.1) is 11.7 Å². The molecule has 5 aromatic rings. The van der Waals surface area contributed by atoms with Gasteiger partial charge in [-0.3, -0.25) is 14.1 Å². The van der Waals surface area contributed by atoms with Gasteiger partial charge in [-0.25, -0.2) is 4.79 Å². The van der Waals surface area contributed by atoms with E-state index in [-0.39, 0.29) is 17.1 Å². The molecule has 0 saturated carbocycles. The van der Waals surface area contributed by atoms with Crippen molar-refractivity contribution in [2.45, 2.75) is 65.0 Å². The number of aromatic amines is 1. The third-order valence-electron chi connectivity index (χ3n) is 7.15. The summed E-state index contributed by atoms with van der Waals surface area (Å²) in [6.07, 6.45) is 8.35. The summed E-state index contributed by atoms with van der Waals surface area (Å²) in [7, 11) is 0. The highest BCUT2D eigenvalue weighted by atomic mass is 16.1. The standard InChI is InChI=1S/C31H35N7O/c1-5-10-28(25-13-8-9-14-26(25)31(2,3)4)38-20-19-37(30(38)39)18-17-22-15-16-27(32-21-22)23-11-6-7-12-24(23)29-33-35-36-34-29/h6-9,11-16,19-21,28H,5,10,17-18H2,1-4H3,(H,33,34,35,36). The van der Waals surface area contributed by atoms with Crippen LogP contribution in [-0.4, -0.2) is 34.7 Å². The van der Waals surface area contributed by atoms with Crippen molar-refractivity contribution in [1.82, 2.24) is 34.7 Å². The predicted molar refractivity (Wildman–Crippen MR) is 153 cm³/mol. The van der Waals surface area contributed by atoms with Crippen LogP contribution in [0.4, 0.5) is 0 Å². The highest BCUT2D eigenvalue weighted by Crippen LogP contribution is 2.33. The Morgan fingerprint density at radius 2 is 1.72 bits per heavy atom. The maximum Gasteiger partial charge on any atom is 0.328 e. The first kappa shape index (κ1) is 26.3. The molecule has 0 aliphatic heterocycles. The summed E-state index contributed by atoms with van der Waals surface area (Å²) < 4.78 is 3.71. The maximum absolute atomic E-state index is 13.5. The number of hydrogen-bond acceptors (Lipinski definition) is 5. The summed E-state index contributed by atoms with van der Waals surface area (Å²) >= 11 is 0. The monoisotopic (exact) mass is 521 g/mol. The molecule has 5 rings (SSSR count). The van der Waals surface area contributed by atoms with Crippen molar-refractivity contribution in [1.29, 1.82) is 0 Å². The summed E-state index contributed by atoms with van der Waals surface area (Å²) in [5.41, 5.74) is 6.25. The predicted octanol–water partition coefficient (Wildman–Crippen LogP) is 5.82. The number of benzene rings is 2. The van der Waals surface area contributed by atoms with Gasteiger partial charge < -0.3 is 0 Å². The number of tetrazole rings is 1. The van der Waals surface area contributed by atoms with Gasteiger partial charge in [-0.1, -0.05) is 88.7 Å². The molecule has 39 heavy (non-hydrogen) atoms. The van der Waals surface area contributed by atoms with Crippen molar-refractivity contribution in [3.8, 4) is 22.6 Å². The van der Waals surface area contributed by atoms with E-state index in [0.717, 1.165) is 35.2 Å². The second-order valence-electron chi connectivity index (χ2n) is 10.9. The van der Waals surface area contributed by atoms with E-state index in [0.29, 0.717) is 18.8 Å². The molecule has 8 heteroatoms. The van der Waals surface area contributed by atoms with E-state index in [1.165, 1.54) is 11.1 Å². The summed E-state index contributed by atoms with van der Waals surface area (Å²) in [5.74, 6) is 0.534. The Balaban J connectivity index is 1.34. The van der Waals surface area contributed by atoms with Gasteiger partial charge in [0, 0.05) is 36.3 Å². The molecule has 1 unspecified atom stereocenters. The molecule has 0 spiro atoms. The van der Waals surface area contributed by atoms with Gasteiger partial charge in [-0.2, -0.15) is 5.21 Å². The zero-order chi connectivity index (χ0) is 27.4. The molecule has 0 radical (unpaired) electrons. The molecule has 1 N–H and O–H groups in total. The molecule has 200 valence electrons. The van der Waals surface area contributed by atoms with Gasteiger partial charge in [0.2, 0.25) is 5.82 Å². The van der Waals surface area contributed by atoms with E-state index >= 15 is 0 Å². The number of nitrogens with one attached hydrogen (secondary N) is 1. The van der Waals surface area contributed by atoms with Crippen LogP contribution in [0.25, 0.3) is 22.6 Å². The van der Waals surface area contributed by atoms with Crippen LogP contribution < -0.4 is 5.69 Å². The molecule has 0 aliphatic rings. The molecule has 1 atom stereocenters. The highest BCUT2D eigenvalue weighted by molar-refractivity contribution is 5.78. The average Bonchev–Trinajstić information content (AvgIpc) is 3.61. The highest BCUT2D eigenvalue weighted by Gasteiger charge is 2.24. The van der Waals surface area contributed by atoms with Crippen LogP contribution in [0.3, 0.4) is 0 Å². The van der Waals surface area contributed by atoms with E-state index in [4.69, 9.17) is 4.98 Å². The molecule has 3 aromatic heterocycles. The minimum Gasteiger partial charge on any atom is -0.299 e. The third-order valence-corrected chi connectivity index (χ3v) is 7.15. The number of hydrogen-bond donors (Lipinski definition) is 1. The molecule has 0 aliphatic carbocycles. The fourth-order valence-electron chi connectivity index (χ4n) is 5.18. The molecular formula is C31H35N7O. The molecule has 8 nitrogen and oxygen atoms in total. The van der Waals surface area contributed by atoms with Crippen molar-refractivity contribution in [3.05, 3.63) is 106 Å². The first-order valence-corrected chi connectivity index (χ1v) is 13.5. The summed E-state index contributed by atoms with van der Waals surface area (Å²) in [5, 5.41) is 14.4.